The first-order valence-corrected chi connectivity index (χ1v) is 11.5. The Hall–Kier alpha value is -3.02. The summed E-state index contributed by atoms with van der Waals surface area (Å²) in [5.74, 6) is -0.140. The molecule has 2 aromatic rings. The summed E-state index contributed by atoms with van der Waals surface area (Å²) in [5.41, 5.74) is 1.47. The van der Waals surface area contributed by atoms with Crippen LogP contribution < -0.4 is 14.4 Å². The summed E-state index contributed by atoms with van der Waals surface area (Å²) in [6, 6.07) is 14.3. The minimum atomic E-state index is -0.892. The molecule has 1 aliphatic heterocycles. The molecule has 170 valence electrons. The molecule has 0 radical (unpaired) electrons. The van der Waals surface area contributed by atoms with Crippen LogP contribution >= 0.6 is 0 Å². The summed E-state index contributed by atoms with van der Waals surface area (Å²) in [4.78, 5) is 26.7. The molecule has 0 aromatic heterocycles. The number of carboxylic acids is 1. The Bertz CT molecular complexity index is 932. The van der Waals surface area contributed by atoms with E-state index in [1.807, 2.05) is 62.4 Å². The smallest absolute Gasteiger partial charge is 0.308 e. The van der Waals surface area contributed by atoms with Crippen molar-refractivity contribution in [2.24, 2.45) is 5.92 Å². The zero-order valence-corrected chi connectivity index (χ0v) is 18.7. The highest BCUT2D eigenvalue weighted by atomic mass is 16.5. The normalized spacial score (nSPS) is 21.7. The van der Waals surface area contributed by atoms with Gasteiger partial charge in [-0.2, -0.15) is 0 Å². The number of carboxylic acid groups (broad SMARTS) is 1. The van der Waals surface area contributed by atoms with E-state index in [2.05, 4.69) is 0 Å². The van der Waals surface area contributed by atoms with E-state index in [1.165, 1.54) is 12.8 Å². The molecule has 6 nitrogen and oxygen atoms in total. The Morgan fingerprint density at radius 3 is 2.19 bits per heavy atom. The van der Waals surface area contributed by atoms with Crippen molar-refractivity contribution in [3.05, 3.63) is 54.1 Å². The van der Waals surface area contributed by atoms with Gasteiger partial charge in [-0.3, -0.25) is 9.59 Å². The topological polar surface area (TPSA) is 76.1 Å². The van der Waals surface area contributed by atoms with Gasteiger partial charge in [-0.25, -0.2) is 0 Å². The molecule has 0 bridgehead atoms. The number of hydrogen-bond donors (Lipinski definition) is 1. The Morgan fingerprint density at radius 2 is 1.59 bits per heavy atom. The number of nitrogens with zero attached hydrogens (tertiary/aromatic N) is 1. The Kier molecular flexibility index (Phi) is 6.68. The van der Waals surface area contributed by atoms with Crippen LogP contribution in [-0.4, -0.2) is 29.2 Å². The van der Waals surface area contributed by atoms with E-state index in [0.29, 0.717) is 12.1 Å². The zero-order valence-electron chi connectivity index (χ0n) is 18.7. The van der Waals surface area contributed by atoms with Crippen molar-refractivity contribution < 1.29 is 24.2 Å². The third-order valence-corrected chi connectivity index (χ3v) is 6.23. The largest absolute Gasteiger partial charge is 0.491 e. The van der Waals surface area contributed by atoms with Crippen molar-refractivity contribution in [1.29, 1.82) is 0 Å². The lowest BCUT2D eigenvalue weighted by molar-refractivity contribution is -0.144. The zero-order chi connectivity index (χ0) is 22.7. The molecule has 6 heteroatoms. The van der Waals surface area contributed by atoms with E-state index in [4.69, 9.17) is 9.47 Å². The summed E-state index contributed by atoms with van der Waals surface area (Å²) in [6.07, 6.45) is 5.38. The van der Waals surface area contributed by atoms with Gasteiger partial charge in [0.1, 0.15) is 11.5 Å². The van der Waals surface area contributed by atoms with Gasteiger partial charge in [0.05, 0.1) is 24.2 Å². The Balaban J connectivity index is 1.62. The van der Waals surface area contributed by atoms with E-state index in [9.17, 15) is 14.7 Å². The fraction of sp³-hybridized carbons (Fsp3) is 0.462. The molecular formula is C26H31NO5. The number of piperidine rings is 1. The van der Waals surface area contributed by atoms with Gasteiger partial charge in [0.2, 0.25) is 5.91 Å². The summed E-state index contributed by atoms with van der Waals surface area (Å²) >= 11 is 0. The van der Waals surface area contributed by atoms with Crippen LogP contribution in [-0.2, 0) is 9.59 Å². The number of benzene rings is 2. The first-order chi connectivity index (χ1) is 15.4. The molecular weight excluding hydrogens is 406 g/mol. The number of anilines is 1. The molecule has 2 atom stereocenters. The van der Waals surface area contributed by atoms with Crippen LogP contribution in [0.15, 0.2) is 48.5 Å². The maximum atomic E-state index is 13.0. The third-order valence-electron chi connectivity index (χ3n) is 6.23. The van der Waals surface area contributed by atoms with Crippen LogP contribution in [0.2, 0.25) is 0 Å². The predicted octanol–water partition coefficient (Wildman–Crippen LogP) is 5.36. The standard InChI is InChI=1S/C26H31NO5/c1-17(2)31-21-11-7-18(8-12-21)25-23(26(29)30)15-16-24(28)27(25)19-9-13-22(14-10-19)32-20-5-3-4-6-20/h7-14,17,20,23,25H,3-6,15-16H2,1-2H3,(H,29,30). The van der Waals surface area contributed by atoms with Gasteiger partial charge < -0.3 is 19.5 Å². The fourth-order valence-electron chi connectivity index (χ4n) is 4.74. The van der Waals surface area contributed by atoms with Crippen molar-refractivity contribution >= 4 is 17.6 Å². The molecule has 32 heavy (non-hydrogen) atoms. The Labute approximate surface area is 189 Å². The lowest BCUT2D eigenvalue weighted by Gasteiger charge is -2.40. The first-order valence-electron chi connectivity index (χ1n) is 11.5. The average molecular weight is 438 g/mol. The van der Waals surface area contributed by atoms with Crippen molar-refractivity contribution in [3.63, 3.8) is 0 Å². The van der Waals surface area contributed by atoms with Crippen LogP contribution in [0.1, 0.15) is 64.0 Å². The summed E-state index contributed by atoms with van der Waals surface area (Å²) < 4.78 is 11.8. The third kappa shape index (κ3) is 4.90. The molecule has 1 saturated carbocycles. The quantitative estimate of drug-likeness (QED) is 0.631. The molecule has 2 aliphatic rings. The van der Waals surface area contributed by atoms with Gasteiger partial charge in [-0.1, -0.05) is 12.1 Å². The number of hydrogen-bond acceptors (Lipinski definition) is 4. The predicted molar refractivity (Wildman–Crippen MR) is 122 cm³/mol. The van der Waals surface area contributed by atoms with Gasteiger partial charge in [-0.15, -0.1) is 0 Å². The average Bonchev–Trinajstić information content (AvgIpc) is 3.27. The molecule has 1 aliphatic carbocycles. The maximum absolute atomic E-state index is 13.0. The second kappa shape index (κ2) is 9.63. The molecule has 2 aromatic carbocycles. The fourth-order valence-corrected chi connectivity index (χ4v) is 4.74. The first kappa shape index (κ1) is 22.2. The second-order valence-electron chi connectivity index (χ2n) is 8.95. The van der Waals surface area contributed by atoms with Crippen LogP contribution in [0.5, 0.6) is 11.5 Å². The van der Waals surface area contributed by atoms with Crippen molar-refractivity contribution in [2.75, 3.05) is 4.90 Å². The number of carbonyl (C=O) groups is 2. The summed E-state index contributed by atoms with van der Waals surface area (Å²) in [5, 5.41) is 9.92. The van der Waals surface area contributed by atoms with Gasteiger partial charge in [0, 0.05) is 12.1 Å². The van der Waals surface area contributed by atoms with Gasteiger partial charge in [0.25, 0.3) is 0 Å². The van der Waals surface area contributed by atoms with E-state index < -0.39 is 17.9 Å². The molecule has 1 amide bonds. The summed E-state index contributed by atoms with van der Waals surface area (Å²) in [7, 11) is 0. The van der Waals surface area contributed by atoms with Crippen molar-refractivity contribution in [3.8, 4) is 11.5 Å². The minimum absolute atomic E-state index is 0.0466. The monoisotopic (exact) mass is 437 g/mol. The molecule has 2 unspecified atom stereocenters. The Morgan fingerprint density at radius 1 is 0.969 bits per heavy atom. The lowest BCUT2D eigenvalue weighted by Crippen LogP contribution is -2.45. The molecule has 1 heterocycles. The number of amides is 1. The lowest BCUT2D eigenvalue weighted by atomic mass is 9.84. The van der Waals surface area contributed by atoms with Crippen molar-refractivity contribution in [1.82, 2.24) is 0 Å². The van der Waals surface area contributed by atoms with Crippen LogP contribution in [0, 0.1) is 5.92 Å². The number of aliphatic carboxylic acids is 1. The van der Waals surface area contributed by atoms with E-state index in [-0.39, 0.29) is 24.5 Å². The molecule has 4 rings (SSSR count). The number of carbonyl (C=O) groups excluding carboxylic acids is 1. The van der Waals surface area contributed by atoms with E-state index >= 15 is 0 Å². The van der Waals surface area contributed by atoms with E-state index in [1.54, 1.807) is 4.90 Å². The molecule has 1 N–H and O–H groups in total. The van der Waals surface area contributed by atoms with Crippen LogP contribution in [0.25, 0.3) is 0 Å². The van der Waals surface area contributed by atoms with Crippen LogP contribution in [0.4, 0.5) is 5.69 Å². The second-order valence-corrected chi connectivity index (χ2v) is 8.95. The minimum Gasteiger partial charge on any atom is -0.491 e. The number of rotatable bonds is 7. The SMILES string of the molecule is CC(C)Oc1ccc(C2C(C(=O)O)CCC(=O)N2c2ccc(OC3CCCC3)cc2)cc1. The van der Waals surface area contributed by atoms with Gasteiger partial charge in [0.15, 0.2) is 0 Å². The highest BCUT2D eigenvalue weighted by Gasteiger charge is 2.41. The maximum Gasteiger partial charge on any atom is 0.308 e. The molecule has 1 saturated heterocycles. The van der Waals surface area contributed by atoms with Crippen LogP contribution in [0.3, 0.4) is 0 Å². The highest BCUT2D eigenvalue weighted by Crippen LogP contribution is 2.41. The van der Waals surface area contributed by atoms with Crippen molar-refractivity contribution in [2.45, 2.75) is 70.6 Å². The van der Waals surface area contributed by atoms with Gasteiger partial charge in [-0.05, 0) is 87.9 Å². The number of ether oxygens (including phenoxy) is 2. The molecule has 2 fully saturated rings. The van der Waals surface area contributed by atoms with Gasteiger partial charge >= 0.3 is 5.97 Å². The molecule has 0 spiro atoms. The highest BCUT2D eigenvalue weighted by molar-refractivity contribution is 5.96. The van der Waals surface area contributed by atoms with E-state index in [0.717, 1.165) is 29.9 Å². The summed E-state index contributed by atoms with van der Waals surface area (Å²) in [6.45, 7) is 3.91.